The summed E-state index contributed by atoms with van der Waals surface area (Å²) in [7, 11) is 0. The van der Waals surface area contributed by atoms with Crippen LogP contribution in [0, 0.1) is 12.3 Å². The summed E-state index contributed by atoms with van der Waals surface area (Å²) < 4.78 is 7.94. The number of fused-ring (bicyclic) bond motifs is 3. The number of aryl methyl sites for hydroxylation is 1. The highest BCUT2D eigenvalue weighted by Crippen LogP contribution is 2.43. The van der Waals surface area contributed by atoms with Crippen LogP contribution < -0.4 is 0 Å². The SMILES string of the molecule is CCOC(=O)C1(C(=O)N2CCC(c3ccc(CCN4[C@@H]5CC[C@H]4CC(n4c(C)nc6ccccc64)C5)cc3)CC2)CCCCC1. The first-order valence-corrected chi connectivity index (χ1v) is 17.7. The molecule has 2 aromatic carbocycles. The number of esters is 1. The summed E-state index contributed by atoms with van der Waals surface area (Å²) >= 11 is 0. The van der Waals surface area contributed by atoms with E-state index in [1.165, 1.54) is 42.3 Å². The minimum atomic E-state index is -0.954. The van der Waals surface area contributed by atoms with Gasteiger partial charge >= 0.3 is 5.97 Å². The zero-order chi connectivity index (χ0) is 31.0. The fraction of sp³-hybridized carbons (Fsp3) is 0.605. The predicted molar refractivity (Wildman–Crippen MR) is 177 cm³/mol. The lowest BCUT2D eigenvalue weighted by atomic mass is 9.72. The number of ether oxygens (including phenoxy) is 1. The van der Waals surface area contributed by atoms with Gasteiger partial charge in [-0.3, -0.25) is 14.5 Å². The van der Waals surface area contributed by atoms with Crippen LogP contribution in [0.1, 0.15) is 106 Å². The molecule has 3 saturated heterocycles. The van der Waals surface area contributed by atoms with E-state index in [9.17, 15) is 9.59 Å². The molecular weight excluding hydrogens is 560 g/mol. The maximum absolute atomic E-state index is 13.7. The molecule has 7 nitrogen and oxygen atoms in total. The second kappa shape index (κ2) is 12.9. The number of nitrogens with zero attached hydrogens (tertiary/aromatic N) is 4. The number of hydrogen-bond donors (Lipinski definition) is 0. The topological polar surface area (TPSA) is 67.7 Å². The number of imidazole rings is 1. The lowest BCUT2D eigenvalue weighted by molar-refractivity contribution is -0.168. The van der Waals surface area contributed by atoms with Gasteiger partial charge in [-0.2, -0.15) is 0 Å². The van der Waals surface area contributed by atoms with E-state index >= 15 is 0 Å². The van der Waals surface area contributed by atoms with Crippen LogP contribution in [0.4, 0.5) is 0 Å². The normalized spacial score (nSPS) is 25.5. The number of benzene rings is 2. The van der Waals surface area contributed by atoms with Crippen LogP contribution in [0.2, 0.25) is 0 Å². The van der Waals surface area contributed by atoms with Crippen LogP contribution in [-0.4, -0.2) is 69.6 Å². The largest absolute Gasteiger partial charge is 0.465 e. The van der Waals surface area contributed by atoms with Crippen molar-refractivity contribution < 1.29 is 14.3 Å². The monoisotopic (exact) mass is 610 g/mol. The average Bonchev–Trinajstić information content (AvgIpc) is 3.54. The zero-order valence-electron chi connectivity index (χ0n) is 27.3. The van der Waals surface area contributed by atoms with Gasteiger partial charge in [0.05, 0.1) is 17.6 Å². The van der Waals surface area contributed by atoms with E-state index in [0.29, 0.717) is 43.5 Å². The molecule has 4 heterocycles. The summed E-state index contributed by atoms with van der Waals surface area (Å²) in [6, 6.07) is 19.8. The fourth-order valence-corrected chi connectivity index (χ4v) is 9.31. The van der Waals surface area contributed by atoms with Crippen molar-refractivity contribution in [3.8, 4) is 0 Å². The number of aromatic nitrogens is 2. The van der Waals surface area contributed by atoms with Gasteiger partial charge in [0.15, 0.2) is 0 Å². The first-order chi connectivity index (χ1) is 22.0. The number of para-hydroxylation sites is 2. The summed E-state index contributed by atoms with van der Waals surface area (Å²) in [6.07, 6.45) is 12.3. The number of piperidine rings is 2. The Morgan fingerprint density at radius 3 is 2.27 bits per heavy atom. The number of likely N-dealkylation sites (tertiary alicyclic amines) is 1. The molecule has 1 saturated carbocycles. The third kappa shape index (κ3) is 5.82. The van der Waals surface area contributed by atoms with Gasteiger partial charge < -0.3 is 14.2 Å². The Labute approximate surface area is 268 Å². The van der Waals surface area contributed by atoms with Gasteiger partial charge in [-0.1, -0.05) is 55.7 Å². The number of rotatable bonds is 8. The maximum Gasteiger partial charge on any atom is 0.321 e. The van der Waals surface area contributed by atoms with Crippen LogP contribution >= 0.6 is 0 Å². The molecule has 4 fully saturated rings. The first-order valence-electron chi connectivity index (χ1n) is 17.7. The number of carbonyl (C=O) groups excluding carboxylic acids is 2. The number of carbonyl (C=O) groups is 2. The second-order valence-electron chi connectivity index (χ2n) is 14.2. The zero-order valence-corrected chi connectivity index (χ0v) is 27.3. The van der Waals surface area contributed by atoms with E-state index < -0.39 is 5.41 Å². The highest BCUT2D eigenvalue weighted by molar-refractivity contribution is 6.02. The summed E-state index contributed by atoms with van der Waals surface area (Å²) in [6.45, 7) is 6.90. The molecule has 0 N–H and O–H groups in total. The quantitative estimate of drug-likeness (QED) is 0.204. The molecule has 3 aliphatic heterocycles. The van der Waals surface area contributed by atoms with Crippen molar-refractivity contribution in [3.63, 3.8) is 0 Å². The molecule has 3 aromatic rings. The fourth-order valence-electron chi connectivity index (χ4n) is 9.31. The van der Waals surface area contributed by atoms with Crippen molar-refractivity contribution in [1.29, 1.82) is 0 Å². The van der Waals surface area contributed by atoms with E-state index in [1.54, 1.807) is 0 Å². The first kappa shape index (κ1) is 30.5. The van der Waals surface area contributed by atoms with Crippen LogP contribution in [0.15, 0.2) is 48.5 Å². The maximum atomic E-state index is 13.7. The Morgan fingerprint density at radius 1 is 0.889 bits per heavy atom. The molecule has 1 unspecified atom stereocenters. The summed E-state index contributed by atoms with van der Waals surface area (Å²) in [5.41, 5.74) is 4.25. The van der Waals surface area contributed by atoms with Crippen molar-refractivity contribution in [2.75, 3.05) is 26.2 Å². The molecule has 0 radical (unpaired) electrons. The lowest BCUT2D eigenvalue weighted by Gasteiger charge is -2.40. The van der Waals surface area contributed by atoms with E-state index in [2.05, 4.69) is 64.9 Å². The van der Waals surface area contributed by atoms with Crippen LogP contribution in [0.25, 0.3) is 11.0 Å². The molecule has 1 aliphatic carbocycles. The standard InChI is InChI=1S/C38H50N4O3/c1-3-45-37(44)38(20-7-4-8-21-38)36(43)40-22-18-30(19-23-40)29-13-11-28(12-14-29)17-24-41-31-15-16-32(41)26-33(25-31)42-27(2)39-34-9-5-6-10-35(34)42/h5-6,9-14,30-33H,3-4,7-8,15-26H2,1-2H3/t31-,32+,33?. The van der Waals surface area contributed by atoms with Gasteiger partial charge in [-0.15, -0.1) is 0 Å². The lowest BCUT2D eigenvalue weighted by Crippen LogP contribution is -2.52. The molecule has 240 valence electrons. The summed E-state index contributed by atoms with van der Waals surface area (Å²) in [4.78, 5) is 36.3. The van der Waals surface area contributed by atoms with Crippen LogP contribution in [-0.2, 0) is 20.7 Å². The van der Waals surface area contributed by atoms with Crippen molar-refractivity contribution in [3.05, 3.63) is 65.5 Å². The molecule has 45 heavy (non-hydrogen) atoms. The third-order valence-corrected chi connectivity index (χ3v) is 11.7. The van der Waals surface area contributed by atoms with Crippen molar-refractivity contribution >= 4 is 22.9 Å². The molecule has 1 aromatic heterocycles. The van der Waals surface area contributed by atoms with Gasteiger partial charge in [-0.05, 0) is 101 Å². The van der Waals surface area contributed by atoms with Crippen molar-refractivity contribution in [2.24, 2.45) is 5.41 Å². The van der Waals surface area contributed by atoms with Gasteiger partial charge in [0.25, 0.3) is 0 Å². The minimum absolute atomic E-state index is 0.0148. The molecule has 4 aliphatic rings. The van der Waals surface area contributed by atoms with Crippen LogP contribution in [0.5, 0.6) is 0 Å². The van der Waals surface area contributed by atoms with Gasteiger partial charge in [0.1, 0.15) is 11.2 Å². The molecule has 0 spiro atoms. The highest BCUT2D eigenvalue weighted by atomic mass is 16.5. The van der Waals surface area contributed by atoms with Crippen LogP contribution in [0.3, 0.4) is 0 Å². The smallest absolute Gasteiger partial charge is 0.321 e. The summed E-state index contributed by atoms with van der Waals surface area (Å²) in [5, 5.41) is 0. The minimum Gasteiger partial charge on any atom is -0.465 e. The Kier molecular flexibility index (Phi) is 8.73. The average molecular weight is 611 g/mol. The Bertz CT molecular complexity index is 1480. The third-order valence-electron chi connectivity index (χ3n) is 11.7. The molecule has 7 rings (SSSR count). The Hall–Kier alpha value is -3.19. The van der Waals surface area contributed by atoms with E-state index in [-0.39, 0.29) is 11.9 Å². The highest BCUT2D eigenvalue weighted by Gasteiger charge is 2.50. The summed E-state index contributed by atoms with van der Waals surface area (Å²) in [5.74, 6) is 1.33. The Balaban J connectivity index is 0.923. The van der Waals surface area contributed by atoms with Crippen molar-refractivity contribution in [1.82, 2.24) is 19.4 Å². The van der Waals surface area contributed by atoms with Gasteiger partial charge in [-0.25, -0.2) is 4.98 Å². The molecule has 2 bridgehead atoms. The Morgan fingerprint density at radius 2 is 1.58 bits per heavy atom. The molecule has 1 amide bonds. The van der Waals surface area contributed by atoms with E-state index in [4.69, 9.17) is 9.72 Å². The number of hydrogen-bond acceptors (Lipinski definition) is 5. The predicted octanol–water partition coefficient (Wildman–Crippen LogP) is 6.97. The van der Waals surface area contributed by atoms with Gasteiger partial charge in [0.2, 0.25) is 5.91 Å². The van der Waals surface area contributed by atoms with Gasteiger partial charge in [0, 0.05) is 37.8 Å². The van der Waals surface area contributed by atoms with Crippen molar-refractivity contribution in [2.45, 2.75) is 115 Å². The molecule has 3 atom stereocenters. The number of amides is 1. The molecular formula is C38H50N4O3. The van der Waals surface area contributed by atoms with E-state index in [1.807, 2.05) is 11.8 Å². The van der Waals surface area contributed by atoms with E-state index in [0.717, 1.165) is 69.5 Å². The molecule has 7 heteroatoms. The second-order valence-corrected chi connectivity index (χ2v) is 14.2.